The third-order valence-electron chi connectivity index (χ3n) is 3.86. The fourth-order valence-electron chi connectivity index (χ4n) is 2.60. The zero-order chi connectivity index (χ0) is 15.6. The van der Waals surface area contributed by atoms with Gasteiger partial charge in [0.25, 0.3) is 0 Å². The summed E-state index contributed by atoms with van der Waals surface area (Å²) in [5.74, 6) is -1.21. The molecule has 1 fully saturated rings. The largest absolute Gasteiger partial charge is 0.414 e. The van der Waals surface area contributed by atoms with Crippen LogP contribution < -0.4 is 0 Å². The highest BCUT2D eigenvalue weighted by molar-refractivity contribution is 6.31. The average Bonchev–Trinajstić information content (AvgIpc) is 2.42. The van der Waals surface area contributed by atoms with Gasteiger partial charge in [-0.25, -0.2) is 4.39 Å². The lowest BCUT2D eigenvalue weighted by molar-refractivity contribution is -0.223. The molecule has 1 atom stereocenters. The van der Waals surface area contributed by atoms with E-state index in [0.29, 0.717) is 23.7 Å². The van der Waals surface area contributed by atoms with Gasteiger partial charge in [-0.1, -0.05) is 17.7 Å². The van der Waals surface area contributed by atoms with Crippen molar-refractivity contribution in [2.75, 3.05) is 13.1 Å². The maximum Gasteiger partial charge on any atom is 0.414 e. The summed E-state index contributed by atoms with van der Waals surface area (Å²) in [7, 11) is 0. The van der Waals surface area contributed by atoms with Crippen LogP contribution >= 0.6 is 11.6 Å². The number of aliphatic hydroxyl groups is 1. The minimum Gasteiger partial charge on any atom is -0.383 e. The maximum absolute atomic E-state index is 13.7. The number of hydrogen-bond acceptors (Lipinski definition) is 2. The molecule has 1 aromatic rings. The van der Waals surface area contributed by atoms with Crippen molar-refractivity contribution in [3.05, 3.63) is 34.6 Å². The van der Waals surface area contributed by atoms with Crippen LogP contribution in [0, 0.1) is 11.7 Å². The Kier molecular flexibility index (Phi) is 5.11. The second-order valence-corrected chi connectivity index (χ2v) is 5.71. The van der Waals surface area contributed by atoms with E-state index >= 15 is 0 Å². The highest BCUT2D eigenvalue weighted by atomic mass is 35.5. The van der Waals surface area contributed by atoms with Crippen LogP contribution in [-0.2, 0) is 6.54 Å². The first-order valence-corrected chi connectivity index (χ1v) is 7.07. The van der Waals surface area contributed by atoms with E-state index < -0.39 is 24.0 Å². The summed E-state index contributed by atoms with van der Waals surface area (Å²) in [5, 5.41) is 9.56. The molecule has 21 heavy (non-hydrogen) atoms. The van der Waals surface area contributed by atoms with Gasteiger partial charge in [0, 0.05) is 17.1 Å². The SMILES string of the molecule is OC(C1CCN(Cc2c(F)cccc2Cl)CC1)C(F)(F)F. The minimum atomic E-state index is -4.58. The van der Waals surface area contributed by atoms with Crippen molar-refractivity contribution in [2.45, 2.75) is 31.7 Å². The van der Waals surface area contributed by atoms with E-state index in [1.165, 1.54) is 12.1 Å². The first-order valence-electron chi connectivity index (χ1n) is 6.69. The minimum absolute atomic E-state index is 0.229. The molecule has 0 aliphatic carbocycles. The van der Waals surface area contributed by atoms with Crippen LogP contribution in [0.25, 0.3) is 0 Å². The van der Waals surface area contributed by atoms with Crippen molar-refractivity contribution >= 4 is 11.6 Å². The molecule has 1 aliphatic heterocycles. The van der Waals surface area contributed by atoms with Gasteiger partial charge >= 0.3 is 6.18 Å². The van der Waals surface area contributed by atoms with Crippen LogP contribution in [0.5, 0.6) is 0 Å². The molecule has 0 spiro atoms. The molecule has 2 nitrogen and oxygen atoms in total. The Hall–Kier alpha value is -0.850. The lowest BCUT2D eigenvalue weighted by Crippen LogP contribution is -2.43. The van der Waals surface area contributed by atoms with Crippen molar-refractivity contribution in [3.8, 4) is 0 Å². The van der Waals surface area contributed by atoms with Crippen molar-refractivity contribution in [3.63, 3.8) is 0 Å². The standard InChI is InChI=1S/C14H16ClF4NO/c15-11-2-1-3-12(16)10(11)8-20-6-4-9(5-7-20)13(21)14(17,18)19/h1-3,9,13,21H,4-8H2. The Morgan fingerprint density at radius 2 is 1.90 bits per heavy atom. The zero-order valence-corrected chi connectivity index (χ0v) is 12.0. The van der Waals surface area contributed by atoms with Gasteiger partial charge in [-0.15, -0.1) is 0 Å². The third-order valence-corrected chi connectivity index (χ3v) is 4.21. The molecule has 1 saturated heterocycles. The van der Waals surface area contributed by atoms with Crippen molar-refractivity contribution < 1.29 is 22.7 Å². The predicted octanol–water partition coefficient (Wildman–Crippen LogP) is 3.61. The number of rotatable bonds is 3. The number of benzene rings is 1. The number of halogens is 5. The number of aliphatic hydroxyl groups excluding tert-OH is 1. The number of hydrogen-bond donors (Lipinski definition) is 1. The molecule has 0 radical (unpaired) electrons. The molecule has 0 saturated carbocycles. The zero-order valence-electron chi connectivity index (χ0n) is 11.2. The molecule has 7 heteroatoms. The second kappa shape index (κ2) is 6.50. The summed E-state index contributed by atoms with van der Waals surface area (Å²) in [6.45, 7) is 1.02. The highest BCUT2D eigenvalue weighted by Gasteiger charge is 2.44. The van der Waals surface area contributed by atoms with E-state index in [1.54, 1.807) is 6.07 Å². The lowest BCUT2D eigenvalue weighted by atomic mass is 9.90. The highest BCUT2D eigenvalue weighted by Crippen LogP contribution is 2.32. The van der Waals surface area contributed by atoms with E-state index in [4.69, 9.17) is 11.6 Å². The Labute approximate surface area is 125 Å². The van der Waals surface area contributed by atoms with Crippen LogP contribution in [-0.4, -0.2) is 35.4 Å². The predicted molar refractivity (Wildman–Crippen MR) is 71.5 cm³/mol. The smallest absolute Gasteiger partial charge is 0.383 e. The molecule has 0 aromatic heterocycles. The summed E-state index contributed by atoms with van der Waals surface area (Å²) in [6.07, 6.45) is -6.40. The Morgan fingerprint density at radius 3 is 2.43 bits per heavy atom. The van der Waals surface area contributed by atoms with Crippen molar-refractivity contribution in [2.24, 2.45) is 5.92 Å². The molecule has 118 valence electrons. The normalized spacial score (nSPS) is 19.7. The molecule has 1 heterocycles. The lowest BCUT2D eigenvalue weighted by Gasteiger charge is -2.34. The Morgan fingerprint density at radius 1 is 1.29 bits per heavy atom. The molecular weight excluding hydrogens is 310 g/mol. The molecule has 1 unspecified atom stereocenters. The van der Waals surface area contributed by atoms with E-state index in [-0.39, 0.29) is 19.4 Å². The van der Waals surface area contributed by atoms with Gasteiger partial charge < -0.3 is 5.11 Å². The van der Waals surface area contributed by atoms with Crippen molar-refractivity contribution in [1.82, 2.24) is 4.90 Å². The fourth-order valence-corrected chi connectivity index (χ4v) is 2.82. The van der Waals surface area contributed by atoms with E-state index in [0.717, 1.165) is 0 Å². The van der Waals surface area contributed by atoms with Gasteiger partial charge in [0.1, 0.15) is 5.82 Å². The molecule has 1 aromatic carbocycles. The van der Waals surface area contributed by atoms with Gasteiger partial charge in [0.05, 0.1) is 0 Å². The quantitative estimate of drug-likeness (QED) is 0.858. The van der Waals surface area contributed by atoms with Gasteiger partial charge in [0.15, 0.2) is 6.10 Å². The maximum atomic E-state index is 13.7. The number of likely N-dealkylation sites (tertiary alicyclic amines) is 1. The summed E-state index contributed by atoms with van der Waals surface area (Å²) in [4.78, 5) is 1.85. The Balaban J connectivity index is 1.93. The monoisotopic (exact) mass is 325 g/mol. The topological polar surface area (TPSA) is 23.5 Å². The molecule has 1 N–H and O–H groups in total. The number of alkyl halides is 3. The van der Waals surface area contributed by atoms with Crippen LogP contribution in [0.15, 0.2) is 18.2 Å². The van der Waals surface area contributed by atoms with Gasteiger partial charge in [-0.3, -0.25) is 4.90 Å². The molecule has 2 rings (SSSR count). The van der Waals surface area contributed by atoms with Crippen LogP contribution in [0.4, 0.5) is 17.6 Å². The first kappa shape index (κ1) is 16.5. The van der Waals surface area contributed by atoms with Crippen LogP contribution in [0.1, 0.15) is 18.4 Å². The number of piperidine rings is 1. The van der Waals surface area contributed by atoms with Gasteiger partial charge in [0.2, 0.25) is 0 Å². The summed E-state index contributed by atoms with van der Waals surface area (Å²) < 4.78 is 51.0. The van der Waals surface area contributed by atoms with Crippen LogP contribution in [0.2, 0.25) is 5.02 Å². The van der Waals surface area contributed by atoms with E-state index in [9.17, 15) is 22.7 Å². The summed E-state index contributed by atoms with van der Waals surface area (Å²) in [5.41, 5.74) is 0.356. The van der Waals surface area contributed by atoms with E-state index in [2.05, 4.69) is 0 Å². The average molecular weight is 326 g/mol. The number of nitrogens with zero attached hydrogens (tertiary/aromatic N) is 1. The summed E-state index contributed by atoms with van der Waals surface area (Å²) in [6, 6.07) is 4.40. The molecule has 0 bridgehead atoms. The second-order valence-electron chi connectivity index (χ2n) is 5.30. The molecular formula is C14H16ClF4NO. The fraction of sp³-hybridized carbons (Fsp3) is 0.571. The summed E-state index contributed by atoms with van der Waals surface area (Å²) >= 11 is 5.93. The van der Waals surface area contributed by atoms with Gasteiger partial charge in [-0.2, -0.15) is 13.2 Å². The molecule has 0 amide bonds. The third kappa shape index (κ3) is 4.08. The van der Waals surface area contributed by atoms with Gasteiger partial charge in [-0.05, 0) is 44.0 Å². The van der Waals surface area contributed by atoms with Crippen LogP contribution in [0.3, 0.4) is 0 Å². The first-order chi connectivity index (χ1) is 9.79. The van der Waals surface area contributed by atoms with E-state index in [1.807, 2.05) is 4.90 Å². The Bertz CT molecular complexity index is 466. The van der Waals surface area contributed by atoms with Crippen molar-refractivity contribution in [1.29, 1.82) is 0 Å². The molecule has 1 aliphatic rings.